The molecule has 0 N–H and O–H groups in total. The van der Waals surface area contributed by atoms with Gasteiger partial charge >= 0.3 is 5.97 Å². The van der Waals surface area contributed by atoms with Crippen molar-refractivity contribution in [2.75, 3.05) is 6.61 Å². The highest BCUT2D eigenvalue weighted by Gasteiger charge is 2.30. The fourth-order valence-electron chi connectivity index (χ4n) is 2.97. The number of hydrogen-bond acceptors (Lipinski definition) is 4. The monoisotopic (exact) mass is 325 g/mol. The zero-order chi connectivity index (χ0) is 16.1. The van der Waals surface area contributed by atoms with E-state index >= 15 is 0 Å². The Morgan fingerprint density at radius 3 is 2.73 bits per heavy atom. The van der Waals surface area contributed by atoms with Gasteiger partial charge in [-0.2, -0.15) is 0 Å². The van der Waals surface area contributed by atoms with Gasteiger partial charge < -0.3 is 9.47 Å². The molecule has 1 aromatic rings. The third-order valence-corrected chi connectivity index (χ3v) is 4.87. The lowest BCUT2D eigenvalue weighted by Gasteiger charge is -2.31. The summed E-state index contributed by atoms with van der Waals surface area (Å²) >= 11 is 6.22. The zero-order valence-corrected chi connectivity index (χ0v) is 14.2. The summed E-state index contributed by atoms with van der Waals surface area (Å²) in [6.45, 7) is 6.12. The van der Waals surface area contributed by atoms with Gasteiger partial charge in [-0.3, -0.25) is 9.78 Å². The van der Waals surface area contributed by atoms with E-state index in [2.05, 4.69) is 4.98 Å². The first-order chi connectivity index (χ1) is 10.5. The molecule has 0 aliphatic heterocycles. The number of rotatable bonds is 5. The molecule has 0 saturated heterocycles. The lowest BCUT2D eigenvalue weighted by molar-refractivity contribution is -0.150. The van der Waals surface area contributed by atoms with E-state index < -0.39 is 0 Å². The van der Waals surface area contributed by atoms with Crippen LogP contribution in [-0.4, -0.2) is 23.7 Å². The lowest BCUT2D eigenvalue weighted by Crippen LogP contribution is -2.31. The SMILES string of the molecule is CCOC(=O)[C@H](C)C1CCC(Oc2ccnc(C)c2Cl)CC1. The molecule has 1 aromatic heterocycles. The summed E-state index contributed by atoms with van der Waals surface area (Å²) in [6, 6.07) is 1.81. The molecular formula is C17H24ClNO3. The molecule has 4 nitrogen and oxygen atoms in total. The van der Waals surface area contributed by atoms with Crippen LogP contribution in [0.5, 0.6) is 5.75 Å². The van der Waals surface area contributed by atoms with Gasteiger partial charge in [0.25, 0.3) is 0 Å². The maximum Gasteiger partial charge on any atom is 0.308 e. The number of nitrogens with zero attached hydrogens (tertiary/aromatic N) is 1. The fraction of sp³-hybridized carbons (Fsp3) is 0.647. The smallest absolute Gasteiger partial charge is 0.308 e. The molecule has 122 valence electrons. The predicted molar refractivity (Wildman–Crippen MR) is 86.2 cm³/mol. The molecule has 1 aliphatic carbocycles. The second-order valence-electron chi connectivity index (χ2n) is 5.90. The maximum atomic E-state index is 11.8. The lowest BCUT2D eigenvalue weighted by atomic mass is 9.80. The third-order valence-electron chi connectivity index (χ3n) is 4.41. The minimum Gasteiger partial charge on any atom is -0.489 e. The number of esters is 1. The maximum absolute atomic E-state index is 11.8. The van der Waals surface area contributed by atoms with Crippen LogP contribution in [0.15, 0.2) is 12.3 Å². The molecule has 0 aromatic carbocycles. The van der Waals surface area contributed by atoms with Crippen molar-refractivity contribution in [3.8, 4) is 5.75 Å². The van der Waals surface area contributed by atoms with Gasteiger partial charge in [0.15, 0.2) is 0 Å². The van der Waals surface area contributed by atoms with Crippen molar-refractivity contribution in [3.63, 3.8) is 0 Å². The Hall–Kier alpha value is -1.29. The summed E-state index contributed by atoms with van der Waals surface area (Å²) in [7, 11) is 0. The predicted octanol–water partition coefficient (Wildman–Crippen LogP) is 4.18. The molecule has 22 heavy (non-hydrogen) atoms. The van der Waals surface area contributed by atoms with Crippen molar-refractivity contribution in [1.29, 1.82) is 0 Å². The van der Waals surface area contributed by atoms with Crippen molar-refractivity contribution in [2.45, 2.75) is 52.6 Å². The average molecular weight is 326 g/mol. The van der Waals surface area contributed by atoms with E-state index in [4.69, 9.17) is 21.1 Å². The molecule has 1 aliphatic rings. The number of aromatic nitrogens is 1. The first kappa shape index (κ1) is 17.1. The molecule has 1 atom stereocenters. The van der Waals surface area contributed by atoms with E-state index in [0.29, 0.717) is 23.3 Å². The number of carbonyl (C=O) groups is 1. The van der Waals surface area contributed by atoms with E-state index in [0.717, 1.165) is 31.4 Å². The average Bonchev–Trinajstić information content (AvgIpc) is 2.52. The number of halogens is 1. The molecule has 0 amide bonds. The largest absolute Gasteiger partial charge is 0.489 e. The first-order valence-electron chi connectivity index (χ1n) is 7.97. The standard InChI is InChI=1S/C17H24ClNO3/c1-4-21-17(20)11(2)13-5-7-14(8-6-13)22-15-9-10-19-12(3)16(15)18/h9-11,13-14H,4-8H2,1-3H3/t11-,13?,14?/m1/s1. The second kappa shape index (κ2) is 7.82. The van der Waals surface area contributed by atoms with Crippen molar-refractivity contribution < 1.29 is 14.3 Å². The summed E-state index contributed by atoms with van der Waals surface area (Å²) in [5, 5.41) is 0.588. The summed E-state index contributed by atoms with van der Waals surface area (Å²) in [4.78, 5) is 16.0. The molecule has 0 bridgehead atoms. The van der Waals surface area contributed by atoms with E-state index in [1.54, 1.807) is 6.20 Å². The van der Waals surface area contributed by atoms with Crippen LogP contribution in [0.1, 0.15) is 45.2 Å². The Labute approximate surface area is 137 Å². The second-order valence-corrected chi connectivity index (χ2v) is 6.28. The Kier molecular flexibility index (Phi) is 6.07. The van der Waals surface area contributed by atoms with Gasteiger partial charge in [-0.1, -0.05) is 18.5 Å². The van der Waals surface area contributed by atoms with Gasteiger partial charge in [-0.25, -0.2) is 0 Å². The summed E-state index contributed by atoms with van der Waals surface area (Å²) in [5.41, 5.74) is 0.781. The van der Waals surface area contributed by atoms with Gasteiger partial charge in [0.2, 0.25) is 0 Å². The molecule has 5 heteroatoms. The quantitative estimate of drug-likeness (QED) is 0.762. The highest BCUT2D eigenvalue weighted by molar-refractivity contribution is 6.32. The highest BCUT2D eigenvalue weighted by atomic mass is 35.5. The zero-order valence-electron chi connectivity index (χ0n) is 13.5. The molecule has 2 rings (SSSR count). The van der Waals surface area contributed by atoms with Gasteiger partial charge in [0, 0.05) is 12.3 Å². The minimum atomic E-state index is -0.0836. The summed E-state index contributed by atoms with van der Waals surface area (Å²) in [5.74, 6) is 0.969. The Balaban J connectivity index is 1.87. The van der Waals surface area contributed by atoms with Gasteiger partial charge in [-0.05, 0) is 45.4 Å². The van der Waals surface area contributed by atoms with E-state index in [1.165, 1.54) is 0 Å². The Morgan fingerprint density at radius 1 is 1.41 bits per heavy atom. The topological polar surface area (TPSA) is 48.4 Å². The highest BCUT2D eigenvalue weighted by Crippen LogP contribution is 2.34. The Bertz CT molecular complexity index is 513. The normalized spacial score (nSPS) is 22.9. The number of aryl methyl sites for hydroxylation is 1. The van der Waals surface area contributed by atoms with Crippen molar-refractivity contribution in [3.05, 3.63) is 23.0 Å². The minimum absolute atomic E-state index is 0.0346. The van der Waals surface area contributed by atoms with Gasteiger partial charge in [0.1, 0.15) is 10.8 Å². The van der Waals surface area contributed by atoms with Crippen LogP contribution in [0.25, 0.3) is 0 Å². The molecular weight excluding hydrogens is 302 g/mol. The third kappa shape index (κ3) is 4.13. The van der Waals surface area contributed by atoms with Crippen LogP contribution in [0.3, 0.4) is 0 Å². The molecule has 1 saturated carbocycles. The van der Waals surface area contributed by atoms with Crippen LogP contribution in [0.4, 0.5) is 0 Å². The van der Waals surface area contributed by atoms with Crippen LogP contribution in [-0.2, 0) is 9.53 Å². The van der Waals surface area contributed by atoms with Crippen LogP contribution in [0, 0.1) is 18.8 Å². The van der Waals surface area contributed by atoms with Crippen LogP contribution in [0.2, 0.25) is 5.02 Å². The molecule has 0 spiro atoms. The van der Waals surface area contributed by atoms with E-state index in [-0.39, 0.29) is 18.0 Å². The summed E-state index contributed by atoms with van der Waals surface area (Å²) < 4.78 is 11.1. The molecule has 1 heterocycles. The van der Waals surface area contributed by atoms with Crippen LogP contribution < -0.4 is 4.74 Å². The molecule has 1 fully saturated rings. The van der Waals surface area contributed by atoms with Crippen molar-refractivity contribution in [2.24, 2.45) is 11.8 Å². The number of hydrogen-bond donors (Lipinski definition) is 0. The van der Waals surface area contributed by atoms with Crippen LogP contribution >= 0.6 is 11.6 Å². The number of carbonyl (C=O) groups excluding carboxylic acids is 1. The first-order valence-corrected chi connectivity index (χ1v) is 8.35. The number of pyridine rings is 1. The van der Waals surface area contributed by atoms with Crippen molar-refractivity contribution >= 4 is 17.6 Å². The molecule has 0 unspecified atom stereocenters. The Morgan fingerprint density at radius 2 is 2.09 bits per heavy atom. The van der Waals surface area contributed by atoms with Gasteiger partial charge in [-0.15, -0.1) is 0 Å². The summed E-state index contributed by atoms with van der Waals surface area (Å²) in [6.07, 6.45) is 5.70. The molecule has 0 radical (unpaired) electrons. The van der Waals surface area contributed by atoms with E-state index in [9.17, 15) is 4.79 Å². The van der Waals surface area contributed by atoms with Crippen molar-refractivity contribution in [1.82, 2.24) is 4.98 Å². The van der Waals surface area contributed by atoms with E-state index in [1.807, 2.05) is 26.8 Å². The number of ether oxygens (including phenoxy) is 2. The van der Waals surface area contributed by atoms with Gasteiger partial charge in [0.05, 0.1) is 24.3 Å². The fourth-order valence-corrected chi connectivity index (χ4v) is 3.12.